The Morgan fingerprint density at radius 2 is 2.10 bits per heavy atom. The van der Waals surface area contributed by atoms with Gasteiger partial charge in [0.1, 0.15) is 0 Å². The van der Waals surface area contributed by atoms with Crippen molar-refractivity contribution in [2.45, 2.75) is 24.2 Å². The van der Waals surface area contributed by atoms with Crippen molar-refractivity contribution in [1.82, 2.24) is 0 Å². The van der Waals surface area contributed by atoms with Gasteiger partial charge in [-0.3, -0.25) is 4.79 Å². The molecule has 0 heterocycles. The number of anilines is 1. The molecule has 1 aromatic carbocycles. The predicted molar refractivity (Wildman–Crippen MR) is 78.5 cm³/mol. The van der Waals surface area contributed by atoms with E-state index in [-0.39, 0.29) is 17.3 Å². The standard InChI is InChI=1S/C13H17ClN2O3S/c1-20(18,19)9-3-4-10(14)11(7-9)16-12(17)13(8-15)5-2-6-13/h3-4,7H,2,5-6,8,15H2,1H3,(H,16,17). The highest BCUT2D eigenvalue weighted by atomic mass is 35.5. The van der Waals surface area contributed by atoms with Crippen molar-refractivity contribution in [3.8, 4) is 0 Å². The zero-order valence-electron chi connectivity index (χ0n) is 11.1. The summed E-state index contributed by atoms with van der Waals surface area (Å²) in [4.78, 5) is 12.4. The summed E-state index contributed by atoms with van der Waals surface area (Å²) in [5, 5.41) is 3.00. The second-order valence-corrected chi connectivity index (χ2v) is 7.63. The van der Waals surface area contributed by atoms with Gasteiger partial charge in [0.25, 0.3) is 0 Å². The summed E-state index contributed by atoms with van der Waals surface area (Å²) in [6.07, 6.45) is 3.58. The molecule has 1 fully saturated rings. The Hall–Kier alpha value is -1.11. The van der Waals surface area contributed by atoms with Crippen LogP contribution in [0.3, 0.4) is 0 Å². The van der Waals surface area contributed by atoms with E-state index in [9.17, 15) is 13.2 Å². The number of amides is 1. The van der Waals surface area contributed by atoms with Crippen molar-refractivity contribution in [3.63, 3.8) is 0 Å². The van der Waals surface area contributed by atoms with E-state index >= 15 is 0 Å². The zero-order valence-corrected chi connectivity index (χ0v) is 12.7. The van der Waals surface area contributed by atoms with Gasteiger partial charge in [0.15, 0.2) is 9.84 Å². The molecular weight excluding hydrogens is 300 g/mol. The first-order chi connectivity index (χ1) is 9.28. The molecule has 3 N–H and O–H groups in total. The number of benzene rings is 1. The Balaban J connectivity index is 2.27. The average Bonchev–Trinajstić information content (AvgIpc) is 2.29. The zero-order chi connectivity index (χ0) is 15.0. The normalized spacial score (nSPS) is 17.4. The minimum absolute atomic E-state index is 0.118. The molecule has 2 rings (SSSR count). The lowest BCUT2D eigenvalue weighted by Gasteiger charge is -2.39. The second-order valence-electron chi connectivity index (χ2n) is 5.21. The number of hydrogen-bond acceptors (Lipinski definition) is 4. The molecule has 0 saturated heterocycles. The van der Waals surface area contributed by atoms with Crippen LogP contribution in [0.25, 0.3) is 0 Å². The van der Waals surface area contributed by atoms with Crippen LogP contribution in [0.4, 0.5) is 5.69 Å². The molecule has 0 atom stereocenters. The molecule has 0 bridgehead atoms. The van der Waals surface area contributed by atoms with Crippen LogP contribution >= 0.6 is 11.6 Å². The molecule has 20 heavy (non-hydrogen) atoms. The summed E-state index contributed by atoms with van der Waals surface area (Å²) in [5.41, 5.74) is 5.44. The third-order valence-electron chi connectivity index (χ3n) is 3.80. The number of halogens is 1. The quantitative estimate of drug-likeness (QED) is 0.886. The average molecular weight is 317 g/mol. The lowest BCUT2D eigenvalue weighted by atomic mass is 9.68. The Morgan fingerprint density at radius 3 is 2.55 bits per heavy atom. The summed E-state index contributed by atoms with van der Waals surface area (Å²) in [5.74, 6) is -0.196. The first-order valence-electron chi connectivity index (χ1n) is 6.30. The van der Waals surface area contributed by atoms with Crippen LogP contribution in [-0.4, -0.2) is 27.1 Å². The smallest absolute Gasteiger partial charge is 0.231 e. The van der Waals surface area contributed by atoms with Gasteiger partial charge in [-0.25, -0.2) is 8.42 Å². The van der Waals surface area contributed by atoms with Crippen molar-refractivity contribution in [2.24, 2.45) is 11.1 Å². The van der Waals surface area contributed by atoms with Crippen LogP contribution in [0, 0.1) is 5.41 Å². The van der Waals surface area contributed by atoms with Crippen molar-refractivity contribution < 1.29 is 13.2 Å². The van der Waals surface area contributed by atoms with Gasteiger partial charge >= 0.3 is 0 Å². The summed E-state index contributed by atoms with van der Waals surface area (Å²) in [6.45, 7) is 0.280. The molecule has 0 aliphatic heterocycles. The Labute approximate surface area is 123 Å². The van der Waals surface area contributed by atoms with Gasteiger partial charge in [0, 0.05) is 12.8 Å². The van der Waals surface area contributed by atoms with E-state index < -0.39 is 15.3 Å². The van der Waals surface area contributed by atoms with Gasteiger partial charge in [-0.05, 0) is 31.0 Å². The maximum absolute atomic E-state index is 12.3. The second kappa shape index (κ2) is 5.35. The van der Waals surface area contributed by atoms with Crippen LogP contribution in [-0.2, 0) is 14.6 Å². The fourth-order valence-corrected chi connectivity index (χ4v) is 3.03. The minimum Gasteiger partial charge on any atom is -0.329 e. The largest absolute Gasteiger partial charge is 0.329 e. The summed E-state index contributed by atoms with van der Waals surface area (Å²) in [7, 11) is -3.35. The van der Waals surface area contributed by atoms with Crippen molar-refractivity contribution >= 4 is 33.0 Å². The SMILES string of the molecule is CS(=O)(=O)c1ccc(Cl)c(NC(=O)C2(CN)CCC2)c1. The van der Waals surface area contributed by atoms with Crippen LogP contribution in [0.1, 0.15) is 19.3 Å². The molecular formula is C13H17ClN2O3S. The maximum Gasteiger partial charge on any atom is 0.231 e. The summed E-state index contributed by atoms with van der Waals surface area (Å²) in [6, 6.07) is 4.25. The first kappa shape index (κ1) is 15.3. The van der Waals surface area contributed by atoms with Crippen LogP contribution in [0.2, 0.25) is 5.02 Å². The highest BCUT2D eigenvalue weighted by Crippen LogP contribution is 2.41. The highest BCUT2D eigenvalue weighted by Gasteiger charge is 2.42. The number of rotatable bonds is 4. The maximum atomic E-state index is 12.3. The number of carbonyl (C=O) groups excluding carboxylic acids is 1. The predicted octanol–water partition coefficient (Wildman–Crippen LogP) is 1.81. The van der Waals surface area contributed by atoms with Gasteiger partial charge in [0.05, 0.1) is 21.0 Å². The topological polar surface area (TPSA) is 89.3 Å². The Bertz CT molecular complexity index is 634. The number of hydrogen-bond donors (Lipinski definition) is 2. The minimum atomic E-state index is -3.35. The molecule has 0 radical (unpaired) electrons. The van der Waals surface area contributed by atoms with E-state index in [4.69, 9.17) is 17.3 Å². The van der Waals surface area contributed by atoms with Crippen molar-refractivity contribution in [3.05, 3.63) is 23.2 Å². The molecule has 110 valence electrons. The Morgan fingerprint density at radius 1 is 1.45 bits per heavy atom. The number of nitrogens with two attached hydrogens (primary N) is 1. The number of carbonyl (C=O) groups is 1. The number of nitrogens with one attached hydrogen (secondary N) is 1. The van der Waals surface area contributed by atoms with Crippen LogP contribution < -0.4 is 11.1 Å². The van der Waals surface area contributed by atoms with Gasteiger partial charge in [0.2, 0.25) is 5.91 Å². The molecule has 1 saturated carbocycles. The molecule has 1 aliphatic rings. The van der Waals surface area contributed by atoms with Crippen LogP contribution in [0.15, 0.2) is 23.1 Å². The van der Waals surface area contributed by atoms with E-state index in [0.717, 1.165) is 25.5 Å². The fourth-order valence-electron chi connectivity index (χ4n) is 2.21. The van der Waals surface area contributed by atoms with E-state index in [0.29, 0.717) is 10.7 Å². The molecule has 0 spiro atoms. The van der Waals surface area contributed by atoms with Crippen molar-refractivity contribution in [1.29, 1.82) is 0 Å². The third kappa shape index (κ3) is 2.82. The summed E-state index contributed by atoms with van der Waals surface area (Å²) < 4.78 is 23.1. The Kier molecular flexibility index (Phi) is 4.09. The van der Waals surface area contributed by atoms with E-state index in [1.54, 1.807) is 0 Å². The van der Waals surface area contributed by atoms with Gasteiger partial charge in [-0.2, -0.15) is 0 Å². The van der Waals surface area contributed by atoms with Crippen LogP contribution in [0.5, 0.6) is 0 Å². The van der Waals surface area contributed by atoms with Gasteiger partial charge in [-0.1, -0.05) is 18.0 Å². The van der Waals surface area contributed by atoms with Gasteiger partial charge < -0.3 is 11.1 Å². The fraction of sp³-hybridized carbons (Fsp3) is 0.462. The van der Waals surface area contributed by atoms with E-state index in [1.165, 1.54) is 18.2 Å². The van der Waals surface area contributed by atoms with E-state index in [2.05, 4.69) is 5.32 Å². The van der Waals surface area contributed by atoms with Gasteiger partial charge in [-0.15, -0.1) is 0 Å². The molecule has 0 aromatic heterocycles. The molecule has 1 aliphatic carbocycles. The third-order valence-corrected chi connectivity index (χ3v) is 5.24. The lowest BCUT2D eigenvalue weighted by molar-refractivity contribution is -0.129. The molecule has 0 unspecified atom stereocenters. The highest BCUT2D eigenvalue weighted by molar-refractivity contribution is 7.90. The first-order valence-corrected chi connectivity index (χ1v) is 8.57. The molecule has 1 amide bonds. The summed E-state index contributed by atoms with van der Waals surface area (Å²) >= 11 is 6.00. The number of sulfone groups is 1. The lowest BCUT2D eigenvalue weighted by Crippen LogP contribution is -2.47. The monoisotopic (exact) mass is 316 g/mol. The molecule has 1 aromatic rings. The van der Waals surface area contributed by atoms with Crippen molar-refractivity contribution in [2.75, 3.05) is 18.1 Å². The molecule has 7 heteroatoms. The van der Waals surface area contributed by atoms with E-state index in [1.807, 2.05) is 0 Å². The molecule has 5 nitrogen and oxygen atoms in total.